The minimum absolute atomic E-state index is 0.591. The summed E-state index contributed by atoms with van der Waals surface area (Å²) in [6, 6.07) is 0.591. The fourth-order valence-electron chi connectivity index (χ4n) is 2.80. The maximum absolute atomic E-state index is 5.84. The molecule has 1 saturated carbocycles. The number of nitrogens with zero attached hydrogens (tertiary/aromatic N) is 5. The van der Waals surface area contributed by atoms with Gasteiger partial charge in [-0.2, -0.15) is 4.80 Å². The molecule has 6 nitrogen and oxygen atoms in total. The van der Waals surface area contributed by atoms with Crippen molar-refractivity contribution in [3.8, 4) is 0 Å². The Morgan fingerprint density at radius 3 is 2.88 bits per heavy atom. The lowest BCUT2D eigenvalue weighted by Gasteiger charge is -2.30. The molecule has 1 aromatic rings. The molecule has 2 atom stereocenters. The van der Waals surface area contributed by atoms with E-state index in [0.717, 1.165) is 25.5 Å². The summed E-state index contributed by atoms with van der Waals surface area (Å²) in [6.07, 6.45) is 3.79. The topological polar surface area (TPSA) is 72.9 Å². The first kappa shape index (κ1) is 12.4. The number of tetrazole rings is 1. The summed E-state index contributed by atoms with van der Waals surface area (Å²) in [5.41, 5.74) is 5.84. The number of rotatable bonds is 5. The largest absolute Gasteiger partial charge is 0.330 e. The maximum atomic E-state index is 5.84. The van der Waals surface area contributed by atoms with Crippen LogP contribution in [0.25, 0.3) is 0 Å². The van der Waals surface area contributed by atoms with Crippen molar-refractivity contribution < 1.29 is 0 Å². The highest BCUT2D eigenvalue weighted by Crippen LogP contribution is 2.29. The Hall–Kier alpha value is -1.01. The van der Waals surface area contributed by atoms with E-state index in [0.29, 0.717) is 12.0 Å². The summed E-state index contributed by atoms with van der Waals surface area (Å²) in [4.78, 5) is 3.94. The Morgan fingerprint density at radius 1 is 1.47 bits per heavy atom. The van der Waals surface area contributed by atoms with Crippen molar-refractivity contribution in [1.29, 1.82) is 0 Å². The number of aromatic nitrogens is 4. The average molecular weight is 238 g/mol. The highest BCUT2D eigenvalue weighted by atomic mass is 15.6. The van der Waals surface area contributed by atoms with Crippen molar-refractivity contribution in [2.75, 3.05) is 13.1 Å². The highest BCUT2D eigenvalue weighted by Gasteiger charge is 2.30. The van der Waals surface area contributed by atoms with E-state index in [1.54, 1.807) is 7.05 Å². The van der Waals surface area contributed by atoms with Crippen LogP contribution in [0.15, 0.2) is 0 Å². The molecule has 0 aromatic carbocycles. The third-order valence-electron chi connectivity index (χ3n) is 3.69. The van der Waals surface area contributed by atoms with Gasteiger partial charge >= 0.3 is 0 Å². The van der Waals surface area contributed by atoms with Gasteiger partial charge in [-0.15, -0.1) is 10.2 Å². The standard InChI is InChI=1S/C11H22N6/c1-3-17(8-11-13-15-16(2)14-11)10-6-4-5-9(10)7-12/h9-10H,3-8,12H2,1-2H3. The third-order valence-corrected chi connectivity index (χ3v) is 3.69. The second-order valence-electron chi connectivity index (χ2n) is 4.75. The second-order valence-corrected chi connectivity index (χ2v) is 4.75. The zero-order valence-corrected chi connectivity index (χ0v) is 10.7. The third kappa shape index (κ3) is 2.81. The molecule has 0 amide bonds. The lowest BCUT2D eigenvalue weighted by Crippen LogP contribution is -2.40. The molecule has 2 unspecified atom stereocenters. The second kappa shape index (κ2) is 5.55. The van der Waals surface area contributed by atoms with Gasteiger partial charge in [-0.05, 0) is 37.1 Å². The van der Waals surface area contributed by atoms with Crippen LogP contribution >= 0.6 is 0 Å². The van der Waals surface area contributed by atoms with Gasteiger partial charge in [0.25, 0.3) is 0 Å². The molecule has 1 aliphatic carbocycles. The molecule has 0 aliphatic heterocycles. The molecule has 0 spiro atoms. The Balaban J connectivity index is 2.00. The van der Waals surface area contributed by atoms with Gasteiger partial charge in [0.15, 0.2) is 5.82 Å². The molecule has 1 heterocycles. The van der Waals surface area contributed by atoms with Gasteiger partial charge in [0, 0.05) is 6.04 Å². The predicted octanol–water partition coefficient (Wildman–Crippen LogP) is 0.159. The molecule has 0 bridgehead atoms. The van der Waals surface area contributed by atoms with Gasteiger partial charge < -0.3 is 5.73 Å². The van der Waals surface area contributed by atoms with Crippen LogP contribution in [-0.2, 0) is 13.6 Å². The molecule has 2 rings (SSSR count). The van der Waals surface area contributed by atoms with E-state index in [1.165, 1.54) is 24.1 Å². The van der Waals surface area contributed by atoms with Crippen LogP contribution in [0.1, 0.15) is 32.0 Å². The van der Waals surface area contributed by atoms with Crippen LogP contribution in [0, 0.1) is 5.92 Å². The maximum Gasteiger partial charge on any atom is 0.188 e. The molecule has 1 aliphatic rings. The Bertz CT molecular complexity index is 349. The van der Waals surface area contributed by atoms with E-state index >= 15 is 0 Å². The summed E-state index contributed by atoms with van der Waals surface area (Å²) < 4.78 is 0. The molecular weight excluding hydrogens is 216 g/mol. The SMILES string of the molecule is CCN(Cc1nnn(C)n1)C1CCCC1CN. The highest BCUT2D eigenvalue weighted by molar-refractivity contribution is 4.88. The van der Waals surface area contributed by atoms with Gasteiger partial charge in [-0.3, -0.25) is 4.90 Å². The Labute approximate surface area is 102 Å². The van der Waals surface area contributed by atoms with Gasteiger partial charge in [0.1, 0.15) is 0 Å². The lowest BCUT2D eigenvalue weighted by atomic mass is 10.0. The minimum Gasteiger partial charge on any atom is -0.330 e. The van der Waals surface area contributed by atoms with Crippen LogP contribution in [0.5, 0.6) is 0 Å². The van der Waals surface area contributed by atoms with Gasteiger partial charge in [0.2, 0.25) is 0 Å². The van der Waals surface area contributed by atoms with Gasteiger partial charge in [0.05, 0.1) is 13.6 Å². The summed E-state index contributed by atoms with van der Waals surface area (Å²) >= 11 is 0. The zero-order valence-electron chi connectivity index (χ0n) is 10.7. The molecular formula is C11H22N6. The van der Waals surface area contributed by atoms with E-state index in [1.807, 2.05) is 0 Å². The van der Waals surface area contributed by atoms with Crippen molar-refractivity contribution in [2.45, 2.75) is 38.8 Å². The van der Waals surface area contributed by atoms with Crippen LogP contribution < -0.4 is 5.73 Å². The van der Waals surface area contributed by atoms with Crippen molar-refractivity contribution in [3.05, 3.63) is 5.82 Å². The van der Waals surface area contributed by atoms with Crippen molar-refractivity contribution in [1.82, 2.24) is 25.1 Å². The van der Waals surface area contributed by atoms with E-state index < -0.39 is 0 Å². The van der Waals surface area contributed by atoms with Gasteiger partial charge in [-0.25, -0.2) is 0 Å². The van der Waals surface area contributed by atoms with Gasteiger partial charge in [-0.1, -0.05) is 13.3 Å². The normalized spacial score (nSPS) is 24.7. The molecule has 0 saturated heterocycles. The van der Waals surface area contributed by atoms with Crippen LogP contribution in [0.4, 0.5) is 0 Å². The lowest BCUT2D eigenvalue weighted by molar-refractivity contribution is 0.158. The number of hydrogen-bond acceptors (Lipinski definition) is 5. The molecule has 1 aromatic heterocycles. The van der Waals surface area contributed by atoms with Crippen molar-refractivity contribution in [2.24, 2.45) is 18.7 Å². The molecule has 17 heavy (non-hydrogen) atoms. The Kier molecular flexibility index (Phi) is 4.06. The van der Waals surface area contributed by atoms with E-state index in [-0.39, 0.29) is 0 Å². The van der Waals surface area contributed by atoms with E-state index in [2.05, 4.69) is 27.2 Å². The number of nitrogens with two attached hydrogens (primary N) is 1. The number of aryl methyl sites for hydroxylation is 1. The fraction of sp³-hybridized carbons (Fsp3) is 0.909. The molecule has 2 N–H and O–H groups in total. The molecule has 96 valence electrons. The van der Waals surface area contributed by atoms with Crippen molar-refractivity contribution in [3.63, 3.8) is 0 Å². The number of hydrogen-bond donors (Lipinski definition) is 1. The first-order valence-corrected chi connectivity index (χ1v) is 6.41. The minimum atomic E-state index is 0.591. The average Bonchev–Trinajstić information content (AvgIpc) is 2.94. The first-order chi connectivity index (χ1) is 8.24. The summed E-state index contributed by atoms with van der Waals surface area (Å²) in [5.74, 6) is 1.43. The fourth-order valence-corrected chi connectivity index (χ4v) is 2.80. The van der Waals surface area contributed by atoms with Crippen LogP contribution in [0.3, 0.4) is 0 Å². The quantitative estimate of drug-likeness (QED) is 0.791. The predicted molar refractivity (Wildman–Crippen MR) is 65.1 cm³/mol. The molecule has 1 fully saturated rings. The van der Waals surface area contributed by atoms with Crippen LogP contribution in [0.2, 0.25) is 0 Å². The summed E-state index contributed by atoms with van der Waals surface area (Å²) in [7, 11) is 1.80. The van der Waals surface area contributed by atoms with Crippen LogP contribution in [-0.4, -0.2) is 44.2 Å². The first-order valence-electron chi connectivity index (χ1n) is 6.41. The zero-order chi connectivity index (χ0) is 12.3. The monoisotopic (exact) mass is 238 g/mol. The molecule has 0 radical (unpaired) electrons. The smallest absolute Gasteiger partial charge is 0.188 e. The molecule has 6 heteroatoms. The summed E-state index contributed by atoms with van der Waals surface area (Å²) in [5, 5.41) is 12.2. The van der Waals surface area contributed by atoms with Crippen molar-refractivity contribution >= 4 is 0 Å². The Morgan fingerprint density at radius 2 is 2.29 bits per heavy atom. The summed E-state index contributed by atoms with van der Waals surface area (Å²) in [6.45, 7) is 4.77. The van der Waals surface area contributed by atoms with E-state index in [9.17, 15) is 0 Å². The van der Waals surface area contributed by atoms with E-state index in [4.69, 9.17) is 5.73 Å².